The van der Waals surface area contributed by atoms with Crippen molar-refractivity contribution in [1.82, 2.24) is 0 Å². The van der Waals surface area contributed by atoms with E-state index in [0.29, 0.717) is 10.0 Å². The van der Waals surface area contributed by atoms with Crippen molar-refractivity contribution in [1.29, 1.82) is 0 Å². The van der Waals surface area contributed by atoms with E-state index in [4.69, 9.17) is 28.9 Å². The molecule has 0 saturated carbocycles. The number of halogens is 2. The minimum atomic E-state index is -0.123. The number of nitrogens with two attached hydrogens (primary N) is 1. The molecule has 2 aromatic carbocycles. The molecule has 0 aliphatic carbocycles. The van der Waals surface area contributed by atoms with Crippen molar-refractivity contribution in [3.63, 3.8) is 0 Å². The summed E-state index contributed by atoms with van der Waals surface area (Å²) in [4.78, 5) is 1.32. The lowest BCUT2D eigenvalue weighted by Gasteiger charge is -2.21. The van der Waals surface area contributed by atoms with Crippen LogP contribution in [0.5, 0.6) is 0 Å². The highest BCUT2D eigenvalue weighted by atomic mass is 35.5. The molecule has 0 saturated heterocycles. The summed E-state index contributed by atoms with van der Waals surface area (Å²) in [5, 5.41) is 1.14. The zero-order valence-corrected chi connectivity index (χ0v) is 12.5. The summed E-state index contributed by atoms with van der Waals surface area (Å²) in [6, 6.07) is 13.9. The molecule has 2 unspecified atom stereocenters. The lowest BCUT2D eigenvalue weighted by atomic mass is 9.89. The zero-order chi connectivity index (χ0) is 13.4. The van der Waals surface area contributed by atoms with Crippen LogP contribution in [0.4, 0.5) is 0 Å². The van der Waals surface area contributed by atoms with Crippen LogP contribution in [0, 0.1) is 0 Å². The van der Waals surface area contributed by atoms with Crippen molar-refractivity contribution in [3.05, 3.63) is 63.6 Å². The molecule has 2 atom stereocenters. The van der Waals surface area contributed by atoms with Gasteiger partial charge >= 0.3 is 0 Å². The maximum Gasteiger partial charge on any atom is 0.0640 e. The first kappa shape index (κ1) is 13.3. The summed E-state index contributed by atoms with van der Waals surface area (Å²) in [7, 11) is 0. The van der Waals surface area contributed by atoms with Gasteiger partial charge in [-0.15, -0.1) is 11.8 Å². The fourth-order valence-electron chi connectivity index (χ4n) is 2.48. The van der Waals surface area contributed by atoms with Gasteiger partial charge in [-0.05, 0) is 23.3 Å². The number of fused-ring (bicyclic) bond motifs is 1. The smallest absolute Gasteiger partial charge is 0.0640 e. The molecule has 0 bridgehead atoms. The van der Waals surface area contributed by atoms with Crippen molar-refractivity contribution in [2.24, 2.45) is 5.73 Å². The highest BCUT2D eigenvalue weighted by Gasteiger charge is 2.30. The van der Waals surface area contributed by atoms with Gasteiger partial charge in [0.2, 0.25) is 0 Å². The maximum absolute atomic E-state index is 6.43. The standard InChI is InChI=1S/C15H13Cl2NS/c16-12-6-3-5-10(14(12)17)15(18)11-8-19-13-7-2-1-4-9(11)13/h1-7,11,15H,8,18H2. The lowest BCUT2D eigenvalue weighted by Crippen LogP contribution is -2.20. The van der Waals surface area contributed by atoms with Crippen molar-refractivity contribution in [2.75, 3.05) is 5.75 Å². The molecule has 0 spiro atoms. The number of thioether (sulfide) groups is 1. The van der Waals surface area contributed by atoms with E-state index < -0.39 is 0 Å². The molecule has 4 heteroatoms. The predicted molar refractivity (Wildman–Crippen MR) is 83.3 cm³/mol. The average molecular weight is 310 g/mol. The van der Waals surface area contributed by atoms with Crippen molar-refractivity contribution < 1.29 is 0 Å². The van der Waals surface area contributed by atoms with Crippen LogP contribution in [-0.2, 0) is 0 Å². The molecular weight excluding hydrogens is 297 g/mol. The summed E-state index contributed by atoms with van der Waals surface area (Å²) in [6.45, 7) is 0. The number of hydrogen-bond donors (Lipinski definition) is 1. The number of hydrogen-bond acceptors (Lipinski definition) is 2. The Hall–Kier alpha value is -0.670. The summed E-state index contributed by atoms with van der Waals surface area (Å²) >= 11 is 14.2. The minimum absolute atomic E-state index is 0.123. The van der Waals surface area contributed by atoms with Gasteiger partial charge in [-0.3, -0.25) is 0 Å². The van der Waals surface area contributed by atoms with Gasteiger partial charge in [-0.2, -0.15) is 0 Å². The Kier molecular flexibility index (Phi) is 3.77. The Labute approximate surface area is 127 Å². The first-order valence-electron chi connectivity index (χ1n) is 6.09. The second-order valence-electron chi connectivity index (χ2n) is 4.62. The van der Waals surface area contributed by atoms with Crippen LogP contribution in [0.25, 0.3) is 0 Å². The first-order chi connectivity index (χ1) is 9.18. The van der Waals surface area contributed by atoms with Crippen LogP contribution in [0.2, 0.25) is 10.0 Å². The molecule has 0 fully saturated rings. The highest BCUT2D eigenvalue weighted by molar-refractivity contribution is 7.99. The van der Waals surface area contributed by atoms with Crippen molar-refractivity contribution in [3.8, 4) is 0 Å². The summed E-state index contributed by atoms with van der Waals surface area (Å²) in [6.07, 6.45) is 0. The lowest BCUT2D eigenvalue weighted by molar-refractivity contribution is 0.607. The molecule has 0 radical (unpaired) electrons. The fraction of sp³-hybridized carbons (Fsp3) is 0.200. The summed E-state index contributed by atoms with van der Waals surface area (Å²) in [5.41, 5.74) is 8.67. The van der Waals surface area contributed by atoms with Crippen LogP contribution in [-0.4, -0.2) is 5.75 Å². The van der Waals surface area contributed by atoms with Gasteiger partial charge in [0.1, 0.15) is 0 Å². The molecule has 2 N–H and O–H groups in total. The molecule has 1 heterocycles. The van der Waals surface area contributed by atoms with Crippen LogP contribution in [0.3, 0.4) is 0 Å². The number of benzene rings is 2. The van der Waals surface area contributed by atoms with E-state index in [1.54, 1.807) is 6.07 Å². The summed E-state index contributed by atoms with van der Waals surface area (Å²) in [5.74, 6) is 1.28. The SMILES string of the molecule is NC(c1cccc(Cl)c1Cl)C1CSc2ccccc21. The van der Waals surface area contributed by atoms with E-state index in [2.05, 4.69) is 24.3 Å². The quantitative estimate of drug-likeness (QED) is 0.855. The van der Waals surface area contributed by atoms with Gasteiger partial charge in [0.15, 0.2) is 0 Å². The highest BCUT2D eigenvalue weighted by Crippen LogP contribution is 2.46. The molecule has 19 heavy (non-hydrogen) atoms. The zero-order valence-electron chi connectivity index (χ0n) is 10.1. The largest absolute Gasteiger partial charge is 0.323 e. The van der Waals surface area contributed by atoms with Crippen molar-refractivity contribution in [2.45, 2.75) is 16.9 Å². The normalized spacial score (nSPS) is 19.2. The Morgan fingerprint density at radius 2 is 1.89 bits per heavy atom. The van der Waals surface area contributed by atoms with Crippen molar-refractivity contribution >= 4 is 35.0 Å². The van der Waals surface area contributed by atoms with Crippen LogP contribution < -0.4 is 5.73 Å². The predicted octanol–water partition coefficient (Wildman–Crippen LogP) is 4.88. The minimum Gasteiger partial charge on any atom is -0.323 e. The Morgan fingerprint density at radius 3 is 2.74 bits per heavy atom. The van der Waals surface area contributed by atoms with Gasteiger partial charge < -0.3 is 5.73 Å². The van der Waals surface area contributed by atoms with Gasteiger partial charge in [-0.1, -0.05) is 53.5 Å². The molecular formula is C15H13Cl2NS. The third-order valence-corrected chi connectivity index (χ3v) is 5.55. The van der Waals surface area contributed by atoms with Crippen LogP contribution >= 0.6 is 35.0 Å². The van der Waals surface area contributed by atoms with E-state index in [0.717, 1.165) is 11.3 Å². The second kappa shape index (κ2) is 5.37. The molecule has 3 rings (SSSR count). The molecule has 0 aromatic heterocycles. The third-order valence-electron chi connectivity index (χ3n) is 3.51. The van der Waals surface area contributed by atoms with E-state index in [9.17, 15) is 0 Å². The molecule has 0 amide bonds. The molecule has 98 valence electrons. The fourth-order valence-corrected chi connectivity index (χ4v) is 4.22. The Morgan fingerprint density at radius 1 is 1.11 bits per heavy atom. The third kappa shape index (κ3) is 2.38. The Balaban J connectivity index is 1.98. The second-order valence-corrected chi connectivity index (χ2v) is 6.47. The summed E-state index contributed by atoms with van der Waals surface area (Å²) < 4.78 is 0. The van der Waals surface area contributed by atoms with E-state index in [1.807, 2.05) is 23.9 Å². The number of rotatable bonds is 2. The van der Waals surface area contributed by atoms with Crippen LogP contribution in [0.1, 0.15) is 23.1 Å². The van der Waals surface area contributed by atoms with E-state index >= 15 is 0 Å². The Bertz CT molecular complexity index is 615. The first-order valence-corrected chi connectivity index (χ1v) is 7.84. The molecule has 1 aliphatic heterocycles. The van der Waals surface area contributed by atoms with Gasteiger partial charge in [0.25, 0.3) is 0 Å². The monoisotopic (exact) mass is 309 g/mol. The van der Waals surface area contributed by atoms with Gasteiger partial charge in [-0.25, -0.2) is 0 Å². The topological polar surface area (TPSA) is 26.0 Å². The van der Waals surface area contributed by atoms with E-state index in [1.165, 1.54) is 10.5 Å². The maximum atomic E-state index is 6.43. The molecule has 1 aliphatic rings. The molecule has 2 aromatic rings. The average Bonchev–Trinajstić information content (AvgIpc) is 2.85. The van der Waals surface area contributed by atoms with E-state index in [-0.39, 0.29) is 12.0 Å². The molecule has 1 nitrogen and oxygen atoms in total. The van der Waals surface area contributed by atoms with Crippen LogP contribution in [0.15, 0.2) is 47.4 Å². The van der Waals surface area contributed by atoms with Gasteiger partial charge in [0, 0.05) is 22.6 Å². The van der Waals surface area contributed by atoms with Gasteiger partial charge in [0.05, 0.1) is 10.0 Å².